The molecule has 1 aromatic carbocycles. The first-order chi connectivity index (χ1) is 9.09. The van der Waals surface area contributed by atoms with Crippen LogP contribution in [-0.2, 0) is 10.0 Å². The predicted molar refractivity (Wildman–Crippen MR) is 80.4 cm³/mol. The fourth-order valence-corrected chi connectivity index (χ4v) is 4.47. The minimum atomic E-state index is -3.70. The number of hydrogen-bond donors (Lipinski definition) is 2. The van der Waals surface area contributed by atoms with Crippen molar-refractivity contribution in [3.05, 3.63) is 28.2 Å². The van der Waals surface area contributed by atoms with Crippen LogP contribution in [0.4, 0.5) is 0 Å². The van der Waals surface area contributed by atoms with Crippen molar-refractivity contribution in [1.82, 2.24) is 4.72 Å². The van der Waals surface area contributed by atoms with Crippen LogP contribution in [0.5, 0.6) is 0 Å². The van der Waals surface area contributed by atoms with Crippen LogP contribution in [0, 0.1) is 0 Å². The molecule has 0 aromatic heterocycles. The summed E-state index contributed by atoms with van der Waals surface area (Å²) in [5, 5.41) is 8.87. The van der Waals surface area contributed by atoms with Gasteiger partial charge in [-0.1, -0.05) is 13.3 Å². The van der Waals surface area contributed by atoms with Gasteiger partial charge in [-0.05, 0) is 54.4 Å². The van der Waals surface area contributed by atoms with Crippen molar-refractivity contribution in [2.24, 2.45) is 0 Å². The number of halogens is 1. The fourth-order valence-electron chi connectivity index (χ4n) is 1.95. The second-order valence-corrected chi connectivity index (χ2v) is 7.69. The van der Waals surface area contributed by atoms with Gasteiger partial charge in [0.25, 0.3) is 0 Å². The molecule has 0 amide bonds. The molecule has 7 heteroatoms. The Balaban J connectivity index is 3.14. The monoisotopic (exact) mass is 363 g/mol. The number of aromatic carboxylic acids is 1. The van der Waals surface area contributed by atoms with Crippen molar-refractivity contribution in [1.29, 1.82) is 0 Å². The summed E-state index contributed by atoms with van der Waals surface area (Å²) < 4.78 is 27.5. The molecule has 0 heterocycles. The maximum absolute atomic E-state index is 12.3. The molecule has 1 rings (SSSR count). The molecule has 112 valence electrons. The lowest BCUT2D eigenvalue weighted by molar-refractivity contribution is 0.0696. The van der Waals surface area contributed by atoms with Gasteiger partial charge in [0.15, 0.2) is 0 Å². The molecule has 0 aliphatic heterocycles. The number of benzene rings is 1. The quantitative estimate of drug-likeness (QED) is 0.813. The van der Waals surface area contributed by atoms with E-state index in [2.05, 4.69) is 20.7 Å². The SMILES string of the molecule is CCCC(C)(C)NS(=O)(=O)c1ccc(C(=O)O)cc1Br. The van der Waals surface area contributed by atoms with Gasteiger partial charge in [0.2, 0.25) is 10.0 Å². The van der Waals surface area contributed by atoms with Crippen LogP contribution in [0.1, 0.15) is 44.0 Å². The van der Waals surface area contributed by atoms with Gasteiger partial charge < -0.3 is 5.11 Å². The number of hydrogen-bond acceptors (Lipinski definition) is 3. The summed E-state index contributed by atoms with van der Waals surface area (Å²) >= 11 is 3.12. The topological polar surface area (TPSA) is 83.5 Å². The highest BCUT2D eigenvalue weighted by atomic mass is 79.9. The van der Waals surface area contributed by atoms with E-state index >= 15 is 0 Å². The van der Waals surface area contributed by atoms with Gasteiger partial charge in [-0.15, -0.1) is 0 Å². The largest absolute Gasteiger partial charge is 0.478 e. The molecule has 20 heavy (non-hydrogen) atoms. The summed E-state index contributed by atoms with van der Waals surface area (Å²) in [6.07, 6.45) is 1.56. The molecule has 0 fully saturated rings. The fraction of sp³-hybridized carbons (Fsp3) is 0.462. The van der Waals surface area contributed by atoms with Gasteiger partial charge in [-0.25, -0.2) is 17.9 Å². The third kappa shape index (κ3) is 4.29. The Morgan fingerprint density at radius 2 is 2.00 bits per heavy atom. The lowest BCUT2D eigenvalue weighted by Crippen LogP contribution is -2.43. The molecule has 0 aliphatic rings. The van der Waals surface area contributed by atoms with Gasteiger partial charge in [0.05, 0.1) is 10.5 Å². The van der Waals surface area contributed by atoms with Crippen molar-refractivity contribution >= 4 is 31.9 Å². The third-order valence-corrected chi connectivity index (χ3v) is 5.43. The molecule has 0 aliphatic carbocycles. The van der Waals surface area contributed by atoms with Gasteiger partial charge in [-0.2, -0.15) is 0 Å². The maximum Gasteiger partial charge on any atom is 0.335 e. The molecular weight excluding hydrogens is 346 g/mol. The third-order valence-electron chi connectivity index (χ3n) is 2.75. The molecule has 0 unspecified atom stereocenters. The summed E-state index contributed by atoms with van der Waals surface area (Å²) in [6.45, 7) is 5.61. The molecule has 0 bridgehead atoms. The van der Waals surface area contributed by atoms with E-state index in [0.717, 1.165) is 6.42 Å². The van der Waals surface area contributed by atoms with Crippen molar-refractivity contribution in [2.45, 2.75) is 44.0 Å². The highest BCUT2D eigenvalue weighted by Crippen LogP contribution is 2.25. The first-order valence-electron chi connectivity index (χ1n) is 6.16. The van der Waals surface area contributed by atoms with E-state index in [1.165, 1.54) is 18.2 Å². The lowest BCUT2D eigenvalue weighted by Gasteiger charge is -2.25. The van der Waals surface area contributed by atoms with E-state index in [4.69, 9.17) is 5.11 Å². The summed E-state index contributed by atoms with van der Waals surface area (Å²) in [5.74, 6) is -1.10. The molecule has 0 saturated heterocycles. The average molecular weight is 364 g/mol. The molecule has 0 radical (unpaired) electrons. The summed E-state index contributed by atoms with van der Waals surface area (Å²) in [4.78, 5) is 10.9. The first-order valence-corrected chi connectivity index (χ1v) is 8.43. The van der Waals surface area contributed by atoms with Crippen LogP contribution >= 0.6 is 15.9 Å². The Bertz CT molecular complexity index is 611. The average Bonchev–Trinajstić information content (AvgIpc) is 2.26. The Kier molecular flexibility index (Phi) is 5.34. The van der Waals surface area contributed by atoms with Crippen LogP contribution in [-0.4, -0.2) is 25.0 Å². The normalized spacial score (nSPS) is 12.4. The second-order valence-electron chi connectivity index (χ2n) is 5.19. The number of sulfonamides is 1. The molecular formula is C13H18BrNO4S. The highest BCUT2D eigenvalue weighted by Gasteiger charge is 2.27. The number of carboxylic acid groups (broad SMARTS) is 1. The molecule has 2 N–H and O–H groups in total. The lowest BCUT2D eigenvalue weighted by atomic mass is 10.0. The van der Waals surface area contributed by atoms with Crippen LogP contribution in [0.15, 0.2) is 27.6 Å². The number of carboxylic acids is 1. The number of carbonyl (C=O) groups is 1. The van der Waals surface area contributed by atoms with Gasteiger partial charge in [0.1, 0.15) is 0 Å². The zero-order chi connectivity index (χ0) is 15.6. The van der Waals surface area contributed by atoms with E-state index in [-0.39, 0.29) is 14.9 Å². The minimum Gasteiger partial charge on any atom is -0.478 e. The number of nitrogens with one attached hydrogen (secondary N) is 1. The Hall–Kier alpha value is -0.920. The Morgan fingerprint density at radius 1 is 1.40 bits per heavy atom. The van der Waals surface area contributed by atoms with Crippen molar-refractivity contribution in [3.63, 3.8) is 0 Å². The van der Waals surface area contributed by atoms with E-state index in [9.17, 15) is 13.2 Å². The zero-order valence-electron chi connectivity index (χ0n) is 11.6. The van der Waals surface area contributed by atoms with Gasteiger partial charge >= 0.3 is 5.97 Å². The van der Waals surface area contributed by atoms with E-state index < -0.39 is 21.5 Å². The summed E-state index contributed by atoms with van der Waals surface area (Å²) in [6, 6.07) is 3.84. The van der Waals surface area contributed by atoms with Gasteiger partial charge in [-0.3, -0.25) is 0 Å². The van der Waals surface area contributed by atoms with Gasteiger partial charge in [0, 0.05) is 10.0 Å². The molecule has 1 aromatic rings. The summed E-state index contributed by atoms with van der Waals surface area (Å²) in [5.41, 5.74) is -0.526. The van der Waals surface area contributed by atoms with Crippen LogP contribution < -0.4 is 4.72 Å². The minimum absolute atomic E-state index is 0.0312. The van der Waals surface area contributed by atoms with E-state index in [0.29, 0.717) is 6.42 Å². The summed E-state index contributed by atoms with van der Waals surface area (Å²) in [7, 11) is -3.70. The molecule has 0 saturated carbocycles. The standard InChI is InChI=1S/C13H18BrNO4S/c1-4-7-13(2,3)15-20(18,19)11-6-5-9(12(16)17)8-10(11)14/h5-6,8,15H,4,7H2,1-3H3,(H,16,17). The van der Waals surface area contributed by atoms with Crippen molar-refractivity contribution in [2.75, 3.05) is 0 Å². The zero-order valence-corrected chi connectivity index (χ0v) is 14.0. The van der Waals surface area contributed by atoms with Crippen LogP contribution in [0.3, 0.4) is 0 Å². The molecule has 5 nitrogen and oxygen atoms in total. The highest BCUT2D eigenvalue weighted by molar-refractivity contribution is 9.10. The van der Waals surface area contributed by atoms with Crippen molar-refractivity contribution in [3.8, 4) is 0 Å². The van der Waals surface area contributed by atoms with E-state index in [1.54, 1.807) is 0 Å². The Labute approximate surface area is 127 Å². The Morgan fingerprint density at radius 3 is 2.45 bits per heavy atom. The van der Waals surface area contributed by atoms with Crippen molar-refractivity contribution < 1.29 is 18.3 Å². The molecule has 0 atom stereocenters. The first kappa shape index (κ1) is 17.1. The van der Waals surface area contributed by atoms with Crippen LogP contribution in [0.25, 0.3) is 0 Å². The molecule has 0 spiro atoms. The second kappa shape index (κ2) is 6.24. The van der Waals surface area contributed by atoms with Crippen LogP contribution in [0.2, 0.25) is 0 Å². The smallest absolute Gasteiger partial charge is 0.335 e. The maximum atomic E-state index is 12.3. The predicted octanol–water partition coefficient (Wildman–Crippen LogP) is 3.00. The van der Waals surface area contributed by atoms with E-state index in [1.807, 2.05) is 20.8 Å². The number of rotatable bonds is 6.